The fourth-order valence-corrected chi connectivity index (χ4v) is 6.87. The lowest BCUT2D eigenvalue weighted by Gasteiger charge is -2.44. The van der Waals surface area contributed by atoms with Crippen LogP contribution in [0, 0.1) is 13.8 Å². The van der Waals surface area contributed by atoms with E-state index in [1.807, 2.05) is 19.4 Å². The summed E-state index contributed by atoms with van der Waals surface area (Å²) in [5, 5.41) is 8.98. The van der Waals surface area contributed by atoms with Gasteiger partial charge in [0, 0.05) is 26.1 Å². The summed E-state index contributed by atoms with van der Waals surface area (Å²) in [4.78, 5) is 9.53. The first-order chi connectivity index (χ1) is 21.0. The Bertz CT molecular complexity index is 1570. The van der Waals surface area contributed by atoms with E-state index in [-0.39, 0.29) is 12.1 Å². The van der Waals surface area contributed by atoms with E-state index in [1.165, 1.54) is 26.7 Å². The monoisotopic (exact) mass is 602 g/mol. The minimum absolute atomic E-state index is 0. The molecule has 2 aromatic heterocycles. The molecule has 0 fully saturated rings. The minimum Gasteiger partial charge on any atom is -0.412 e. The first-order valence-electron chi connectivity index (χ1n) is 14.6. The predicted molar refractivity (Wildman–Crippen MR) is 184 cm³/mol. The van der Waals surface area contributed by atoms with Crippen LogP contribution < -0.4 is 32.2 Å². The number of anilines is 1. The number of hydrogen-bond acceptors (Lipinski definition) is 5. The maximum Gasteiger partial charge on any atom is 0.225 e. The molecule has 0 saturated heterocycles. The first-order valence-corrected chi connectivity index (χ1v) is 15.4. The Kier molecular flexibility index (Phi) is 11.2. The van der Waals surface area contributed by atoms with Crippen molar-refractivity contribution in [2.45, 2.75) is 26.8 Å². The van der Waals surface area contributed by atoms with Gasteiger partial charge in [-0.3, -0.25) is 0 Å². The summed E-state index contributed by atoms with van der Waals surface area (Å²) in [5.74, 6) is 1.22. The maximum absolute atomic E-state index is 8.98. The summed E-state index contributed by atoms with van der Waals surface area (Å²) >= 11 is 1.65. The number of aliphatic hydroxyl groups is 1. The zero-order valence-electron chi connectivity index (χ0n) is 25.2. The molecular weight excluding hydrogens is 563 g/mol. The van der Waals surface area contributed by atoms with Gasteiger partial charge in [0.05, 0.1) is 10.4 Å². The number of aryl methyl sites for hydroxylation is 1. The van der Waals surface area contributed by atoms with E-state index in [0.717, 1.165) is 11.3 Å². The molecule has 0 spiro atoms. The fraction of sp³-hybridized carbons (Fsp3) is 0.139. The first kappa shape index (κ1) is 32.3. The molecule has 44 heavy (non-hydrogen) atoms. The van der Waals surface area contributed by atoms with Crippen LogP contribution in [-0.4, -0.2) is 33.3 Å². The van der Waals surface area contributed by atoms with Crippen LogP contribution in [0.15, 0.2) is 133 Å². The molecule has 0 bridgehead atoms. The Morgan fingerprint density at radius 2 is 1.16 bits per heavy atom. The van der Waals surface area contributed by atoms with E-state index in [4.69, 9.17) is 10.8 Å². The molecule has 224 valence electrons. The van der Waals surface area contributed by atoms with Gasteiger partial charge in [-0.25, -0.2) is 9.97 Å². The molecule has 0 aliphatic rings. The fourth-order valence-electron chi connectivity index (χ4n) is 5.89. The van der Waals surface area contributed by atoms with Gasteiger partial charge in [0.2, 0.25) is 5.51 Å². The number of hydrogen-bond donors (Lipinski definition) is 2. The topological polar surface area (TPSA) is 107 Å². The molecule has 6 rings (SSSR count). The Morgan fingerprint density at radius 3 is 1.55 bits per heavy atom. The molecule has 4 aromatic carbocycles. The molecule has 0 radical (unpaired) electrons. The Morgan fingerprint density at radius 1 is 0.727 bits per heavy atom. The van der Waals surface area contributed by atoms with Crippen molar-refractivity contribution in [3.63, 3.8) is 0 Å². The van der Waals surface area contributed by atoms with Gasteiger partial charge < -0.3 is 16.3 Å². The van der Waals surface area contributed by atoms with E-state index in [2.05, 4.69) is 136 Å². The summed E-state index contributed by atoms with van der Waals surface area (Å²) in [6.45, 7) is 4.71. The predicted octanol–water partition coefficient (Wildman–Crippen LogP) is 2.85. The van der Waals surface area contributed by atoms with Crippen LogP contribution in [0.4, 0.5) is 5.82 Å². The van der Waals surface area contributed by atoms with Crippen LogP contribution >= 0.6 is 11.3 Å². The van der Waals surface area contributed by atoms with Gasteiger partial charge in [-0.15, -0.1) is 0 Å². The van der Waals surface area contributed by atoms with E-state index in [9.17, 15) is 0 Å². The Balaban J connectivity index is 0.000000207. The summed E-state index contributed by atoms with van der Waals surface area (Å²) < 4.78 is 2.11. The number of nitrogens with two attached hydrogens (primary N) is 1. The van der Waals surface area contributed by atoms with Crippen LogP contribution in [0.1, 0.15) is 22.0 Å². The lowest BCUT2D eigenvalue weighted by molar-refractivity contribution is -0.689. The number of thiazole rings is 1. The maximum atomic E-state index is 8.98. The van der Waals surface area contributed by atoms with Crippen molar-refractivity contribution in [3.8, 4) is 0 Å². The standard InChI is InChI=1S/C24H20B.C12H17N4OS.H2O/c1-5-13-21(14-6-1)25(22-15-7-2-8-16-22,23-17-9-3-10-18-23)24-19-11-4-12-20-24;1-8-11(3-4-17)18-7-16(8)6-10-5-14-9(2)15-12(10)13;/h1-20H;5,7,17H,3-4,6H2,1-2H3,(H2,13,14,15);1H2/q-1;+1;. The highest BCUT2D eigenvalue weighted by atomic mass is 32.1. The van der Waals surface area contributed by atoms with Gasteiger partial charge in [0.15, 0.2) is 12.2 Å². The largest absolute Gasteiger partial charge is 0.412 e. The van der Waals surface area contributed by atoms with E-state index in [0.29, 0.717) is 24.6 Å². The van der Waals surface area contributed by atoms with Crippen molar-refractivity contribution in [1.82, 2.24) is 9.97 Å². The van der Waals surface area contributed by atoms with Gasteiger partial charge in [0.1, 0.15) is 17.8 Å². The molecule has 0 unspecified atom stereocenters. The molecule has 0 aliphatic heterocycles. The second-order valence-corrected chi connectivity index (χ2v) is 11.6. The third-order valence-corrected chi connectivity index (χ3v) is 9.20. The van der Waals surface area contributed by atoms with Crippen LogP contribution in [0.3, 0.4) is 0 Å². The van der Waals surface area contributed by atoms with E-state index in [1.54, 1.807) is 17.5 Å². The number of aromatic nitrogens is 3. The molecule has 0 atom stereocenters. The summed E-state index contributed by atoms with van der Waals surface area (Å²) in [7, 11) is 0. The van der Waals surface area contributed by atoms with Crippen LogP contribution in [0.2, 0.25) is 0 Å². The summed E-state index contributed by atoms with van der Waals surface area (Å²) in [5.41, 5.74) is 15.4. The SMILES string of the molecule is Cc1ncc(C[n+]2csc(CCO)c2C)c(N)n1.O.c1ccc([B-](c2ccccc2)(c2ccccc2)c2ccccc2)cc1. The summed E-state index contributed by atoms with van der Waals surface area (Å²) in [6.07, 6.45) is 1.25. The average Bonchev–Trinajstić information content (AvgIpc) is 3.40. The van der Waals surface area contributed by atoms with Crippen molar-refractivity contribution in [2.75, 3.05) is 12.3 Å². The van der Waals surface area contributed by atoms with E-state index >= 15 is 0 Å². The molecule has 6 aromatic rings. The van der Waals surface area contributed by atoms with Gasteiger partial charge in [-0.2, -0.15) is 26.4 Å². The third-order valence-electron chi connectivity index (χ3n) is 8.05. The second kappa shape index (κ2) is 15.2. The Hall–Kier alpha value is -4.63. The van der Waals surface area contributed by atoms with Crippen molar-refractivity contribution in [2.24, 2.45) is 0 Å². The highest BCUT2D eigenvalue weighted by Gasteiger charge is 2.31. The van der Waals surface area contributed by atoms with Crippen LogP contribution in [0.25, 0.3) is 0 Å². The van der Waals surface area contributed by atoms with Crippen molar-refractivity contribution in [1.29, 1.82) is 0 Å². The van der Waals surface area contributed by atoms with Crippen LogP contribution in [-0.2, 0) is 13.0 Å². The van der Waals surface area contributed by atoms with Gasteiger partial charge in [0.25, 0.3) is 0 Å². The Labute approximate surface area is 263 Å². The normalized spacial score (nSPS) is 10.8. The number of rotatable bonds is 8. The van der Waals surface area contributed by atoms with Gasteiger partial charge in [-0.1, -0.05) is 133 Å². The highest BCUT2D eigenvalue weighted by molar-refractivity contribution is 7.19. The van der Waals surface area contributed by atoms with Gasteiger partial charge >= 0.3 is 0 Å². The molecule has 0 saturated carbocycles. The smallest absolute Gasteiger partial charge is 0.225 e. The number of benzene rings is 4. The quantitative estimate of drug-likeness (QED) is 0.206. The molecular formula is C36H39BN4O2S. The molecule has 6 nitrogen and oxygen atoms in total. The minimum atomic E-state index is -1.22. The molecule has 0 amide bonds. The van der Waals surface area contributed by atoms with Crippen LogP contribution in [0.5, 0.6) is 0 Å². The van der Waals surface area contributed by atoms with Crippen molar-refractivity contribution in [3.05, 3.63) is 155 Å². The van der Waals surface area contributed by atoms with Gasteiger partial charge in [-0.05, 0) is 6.92 Å². The second-order valence-electron chi connectivity index (χ2n) is 10.7. The number of nitrogens with zero attached hydrogens (tertiary/aromatic N) is 3. The molecule has 2 heterocycles. The molecule has 5 N–H and O–H groups in total. The lowest BCUT2D eigenvalue weighted by Crippen LogP contribution is -2.74. The number of nitrogen functional groups attached to an aromatic ring is 1. The van der Waals surface area contributed by atoms with Crippen molar-refractivity contribution >= 4 is 45.2 Å². The average molecular weight is 603 g/mol. The zero-order valence-corrected chi connectivity index (χ0v) is 26.0. The third kappa shape index (κ3) is 6.95. The lowest BCUT2D eigenvalue weighted by atomic mass is 9.13. The highest BCUT2D eigenvalue weighted by Crippen LogP contribution is 2.14. The van der Waals surface area contributed by atoms with Crippen molar-refractivity contribution < 1.29 is 15.1 Å². The van der Waals surface area contributed by atoms with E-state index < -0.39 is 6.15 Å². The molecule has 0 aliphatic carbocycles. The zero-order chi connectivity index (χ0) is 30.1. The molecule has 8 heteroatoms. The number of aliphatic hydroxyl groups excluding tert-OH is 1. The summed E-state index contributed by atoms with van der Waals surface area (Å²) in [6, 6.07) is 43.5.